The van der Waals surface area contributed by atoms with Crippen molar-refractivity contribution in [3.05, 3.63) is 368 Å². The molecule has 0 spiro atoms. The van der Waals surface area contributed by atoms with E-state index in [0.717, 1.165) is 145 Å². The first-order valence-corrected chi connectivity index (χ1v) is 30.3. The molecule has 1 aliphatic carbocycles. The molecule has 2 nitrogen and oxygen atoms in total. The molecule has 3 heteroatoms. The fourth-order valence-corrected chi connectivity index (χ4v) is 14.8. The highest BCUT2D eigenvalue weighted by Crippen LogP contribution is 2.60. The molecule has 88 heavy (non-hydrogen) atoms. The average Bonchev–Trinajstić information content (AvgIpc) is 1.15. The summed E-state index contributed by atoms with van der Waals surface area (Å²) in [4.78, 5) is 5.11. The summed E-state index contributed by atoms with van der Waals surface area (Å²) in [6, 6.07) is 115. The minimum atomic E-state index is -1.31. The Hall–Kier alpha value is -11.3. The van der Waals surface area contributed by atoms with Crippen molar-refractivity contribution < 1.29 is 5.48 Å². The molecule has 0 atom stereocenters. The van der Waals surface area contributed by atoms with Crippen molar-refractivity contribution in [1.29, 1.82) is 0 Å². The van der Waals surface area contributed by atoms with Crippen LogP contribution in [0, 0.1) is 0 Å². The van der Waals surface area contributed by atoms with E-state index in [1.165, 1.54) is 0 Å². The lowest BCUT2D eigenvalue weighted by molar-refractivity contribution is 0.768. The molecule has 0 aromatic heterocycles. The van der Waals surface area contributed by atoms with E-state index in [1.807, 2.05) is 0 Å². The van der Waals surface area contributed by atoms with Crippen LogP contribution in [0.5, 0.6) is 0 Å². The Morgan fingerprint density at radius 1 is 0.261 bits per heavy atom. The van der Waals surface area contributed by atoms with Gasteiger partial charge in [0, 0.05) is 45.0 Å². The maximum atomic E-state index is 10.3. The van der Waals surface area contributed by atoms with Gasteiger partial charge in [-0.3, -0.25) is 0 Å². The van der Waals surface area contributed by atoms with Gasteiger partial charge in [-0.2, -0.15) is 0 Å². The zero-order valence-corrected chi connectivity index (χ0v) is 48.1. The van der Waals surface area contributed by atoms with Crippen LogP contribution in [-0.2, 0) is 5.41 Å². The molecular weight excluding hydrogens is 1060 g/mol. The molecule has 3 aliphatic rings. The monoisotopic (exact) mass is 1120 g/mol. The third-order valence-corrected chi connectivity index (χ3v) is 18.5. The van der Waals surface area contributed by atoms with Gasteiger partial charge in [-0.05, 0) is 119 Å². The van der Waals surface area contributed by atoms with E-state index < -0.39 is 5.41 Å². The Kier molecular flexibility index (Phi) is 11.3. The zero-order chi connectivity index (χ0) is 61.6. The van der Waals surface area contributed by atoms with Crippen LogP contribution < -0.4 is 26.2 Å². The number of fused-ring (bicyclic) bond motifs is 7. The van der Waals surface area contributed by atoms with Gasteiger partial charge in [-0.1, -0.05) is 321 Å². The van der Waals surface area contributed by atoms with Crippen LogP contribution in [-0.4, -0.2) is 6.71 Å². The first-order valence-electron chi connectivity index (χ1n) is 32.3. The summed E-state index contributed by atoms with van der Waals surface area (Å²) in [5.74, 6) is 0. The quantitative estimate of drug-likeness (QED) is 0.126. The first kappa shape index (κ1) is 47.0. The first-order chi connectivity index (χ1) is 45.3. The second-order valence-electron chi connectivity index (χ2n) is 23.1. The van der Waals surface area contributed by atoms with Gasteiger partial charge in [0.15, 0.2) is 0 Å². The SMILES string of the molecule is [2H]c1cc(C2(c3cc4c5c(c3)N(c3c(-c6ccccc6)cccc3-c3ccccc3)c3ccc(-c6ccccc6)cc3B5c3cc(-c5ccccc5)ccc3N4c3c(-c4ccccc4)cccc3-c3ccccc3)c3ccccc3-c3ccccc32)c([2H])c([2H])c1[2H]. The van der Waals surface area contributed by atoms with Crippen LogP contribution >= 0.6 is 0 Å². The molecular formula is C85H57BN2. The average molecular weight is 1120 g/mol. The molecule has 2 aliphatic heterocycles. The number of benzene rings is 14. The van der Waals surface area contributed by atoms with E-state index in [1.54, 1.807) is 6.07 Å². The lowest BCUT2D eigenvalue weighted by Gasteiger charge is -2.47. The zero-order valence-electron chi connectivity index (χ0n) is 52.1. The largest absolute Gasteiger partial charge is 0.310 e. The summed E-state index contributed by atoms with van der Waals surface area (Å²) in [5.41, 5.74) is 26.1. The van der Waals surface area contributed by atoms with Crippen LogP contribution in [0.15, 0.2) is 346 Å². The van der Waals surface area contributed by atoms with E-state index >= 15 is 0 Å². The minimum absolute atomic E-state index is 0.0883. The third-order valence-electron chi connectivity index (χ3n) is 18.5. The van der Waals surface area contributed by atoms with Crippen molar-refractivity contribution in [3.8, 4) is 77.9 Å². The molecule has 14 aromatic rings. The highest BCUT2D eigenvalue weighted by Gasteiger charge is 2.50. The Morgan fingerprint density at radius 2 is 0.614 bits per heavy atom. The molecule has 17 rings (SSSR count). The summed E-state index contributed by atoms with van der Waals surface area (Å²) >= 11 is 0. The van der Waals surface area contributed by atoms with Gasteiger partial charge in [0.1, 0.15) is 0 Å². The van der Waals surface area contributed by atoms with E-state index in [9.17, 15) is 4.11 Å². The molecule has 0 bridgehead atoms. The summed E-state index contributed by atoms with van der Waals surface area (Å²) in [6.45, 7) is -0.361. The number of hydrogen-bond donors (Lipinski definition) is 0. The molecule has 0 N–H and O–H groups in total. The van der Waals surface area contributed by atoms with Crippen molar-refractivity contribution >= 4 is 57.2 Å². The standard InChI is InChI=1S/C85H57BN2/c1-8-28-58(29-9-1)64-50-52-78-76(54-64)86-77-55-65(59-30-10-2-11-31-59)51-53-79(77)88(84-70(62-36-16-5-17-37-62)46-27-47-71(84)63-38-18-6-19-39-63)81-57-67(85(66-40-20-7-21-41-66)74-48-24-22-42-72(74)73-43-23-25-49-75(73)85)56-80(82(81)86)87(78)83-68(60-32-12-3-13-33-60)44-26-45-69(83)61-34-14-4-15-35-61/h1-57H/i7D,20D,21D,40D. The highest BCUT2D eigenvalue weighted by molar-refractivity contribution is 7.00. The van der Waals surface area contributed by atoms with E-state index in [-0.39, 0.29) is 30.9 Å². The minimum Gasteiger partial charge on any atom is -0.310 e. The highest BCUT2D eigenvalue weighted by atomic mass is 15.2. The lowest BCUT2D eigenvalue weighted by atomic mass is 9.33. The van der Waals surface area contributed by atoms with Crippen LogP contribution in [0.4, 0.5) is 34.1 Å². The Labute approximate surface area is 520 Å². The molecule has 0 fully saturated rings. The van der Waals surface area contributed by atoms with Crippen LogP contribution in [0.1, 0.15) is 27.7 Å². The van der Waals surface area contributed by atoms with Gasteiger partial charge >= 0.3 is 0 Å². The predicted molar refractivity (Wildman–Crippen MR) is 370 cm³/mol. The maximum absolute atomic E-state index is 10.3. The van der Waals surface area contributed by atoms with Gasteiger partial charge in [0.2, 0.25) is 0 Å². The van der Waals surface area contributed by atoms with E-state index in [4.69, 9.17) is 1.37 Å². The summed E-state index contributed by atoms with van der Waals surface area (Å²) in [7, 11) is 0. The molecule has 410 valence electrons. The van der Waals surface area contributed by atoms with Gasteiger partial charge in [-0.25, -0.2) is 0 Å². The van der Waals surface area contributed by atoms with Crippen LogP contribution in [0.3, 0.4) is 0 Å². The number of anilines is 6. The molecule has 0 saturated carbocycles. The Bertz CT molecular complexity index is 4820. The van der Waals surface area contributed by atoms with Crippen molar-refractivity contribution in [3.63, 3.8) is 0 Å². The number of hydrogen-bond acceptors (Lipinski definition) is 2. The van der Waals surface area contributed by atoms with E-state index in [2.05, 4.69) is 325 Å². The summed E-state index contributed by atoms with van der Waals surface area (Å²) in [6.07, 6.45) is 0. The van der Waals surface area contributed by atoms with Gasteiger partial charge in [-0.15, -0.1) is 0 Å². The van der Waals surface area contributed by atoms with Crippen molar-refractivity contribution in [2.24, 2.45) is 0 Å². The van der Waals surface area contributed by atoms with Gasteiger partial charge < -0.3 is 9.80 Å². The van der Waals surface area contributed by atoms with E-state index in [0.29, 0.717) is 5.56 Å². The summed E-state index contributed by atoms with van der Waals surface area (Å²) < 4.78 is 38.6. The molecule has 0 radical (unpaired) electrons. The van der Waals surface area contributed by atoms with Crippen molar-refractivity contribution in [1.82, 2.24) is 0 Å². The van der Waals surface area contributed by atoms with Crippen molar-refractivity contribution in [2.75, 3.05) is 9.80 Å². The van der Waals surface area contributed by atoms with Crippen molar-refractivity contribution in [2.45, 2.75) is 5.41 Å². The van der Waals surface area contributed by atoms with Crippen LogP contribution in [0.25, 0.3) is 77.9 Å². The third kappa shape index (κ3) is 8.05. The Balaban J connectivity index is 1.11. The maximum Gasteiger partial charge on any atom is 0.252 e. The molecule has 14 aromatic carbocycles. The number of nitrogens with zero attached hydrogens (tertiary/aromatic N) is 2. The fourth-order valence-electron chi connectivity index (χ4n) is 14.8. The van der Waals surface area contributed by atoms with Crippen LogP contribution in [0.2, 0.25) is 0 Å². The fraction of sp³-hybridized carbons (Fsp3) is 0.0118. The second kappa shape index (κ2) is 21.1. The number of para-hydroxylation sites is 2. The molecule has 2 heterocycles. The molecule has 0 amide bonds. The van der Waals surface area contributed by atoms with Gasteiger partial charge in [0.25, 0.3) is 6.71 Å². The lowest BCUT2D eigenvalue weighted by Crippen LogP contribution is -2.61. The summed E-state index contributed by atoms with van der Waals surface area (Å²) in [5, 5.41) is 0. The topological polar surface area (TPSA) is 6.48 Å². The predicted octanol–water partition coefficient (Wildman–Crippen LogP) is 20.1. The normalized spacial score (nSPS) is 13.7. The van der Waals surface area contributed by atoms with Gasteiger partial charge in [0.05, 0.1) is 22.3 Å². The Morgan fingerprint density at radius 3 is 1.01 bits per heavy atom. The molecule has 0 unspecified atom stereocenters. The number of rotatable bonds is 10. The second-order valence-corrected chi connectivity index (χ2v) is 23.1. The smallest absolute Gasteiger partial charge is 0.252 e. The molecule has 0 saturated heterocycles.